The Morgan fingerprint density at radius 2 is 1.92 bits per heavy atom. The van der Waals surface area contributed by atoms with E-state index in [2.05, 4.69) is 10.3 Å². The van der Waals surface area contributed by atoms with Crippen molar-refractivity contribution in [3.8, 4) is 0 Å². The number of nitrogens with one attached hydrogen (secondary N) is 1. The predicted molar refractivity (Wildman–Crippen MR) is 140 cm³/mol. The number of nitrogens with zero attached hydrogens (tertiary/aromatic N) is 3. The first-order chi connectivity index (χ1) is 17.8. The van der Waals surface area contributed by atoms with Crippen LogP contribution in [0.1, 0.15) is 21.5 Å². The molecule has 0 unspecified atom stereocenters. The highest BCUT2D eigenvalue weighted by Crippen LogP contribution is 2.33. The van der Waals surface area contributed by atoms with Crippen molar-refractivity contribution in [2.45, 2.75) is 11.3 Å². The molecule has 188 valence electrons. The molecule has 1 saturated heterocycles. The zero-order chi connectivity index (χ0) is 26.0. The second kappa shape index (κ2) is 10.2. The molecule has 2 aliphatic heterocycles. The van der Waals surface area contributed by atoms with Gasteiger partial charge in [0.25, 0.3) is 27.1 Å². The molecule has 0 saturated carbocycles. The molecule has 0 atom stereocenters. The minimum absolute atomic E-state index is 0.0106. The molecule has 11 heteroatoms. The molecule has 37 heavy (non-hydrogen) atoms. The van der Waals surface area contributed by atoms with Crippen LogP contribution >= 0.6 is 11.8 Å². The molecule has 3 aromatic rings. The van der Waals surface area contributed by atoms with Crippen LogP contribution < -0.4 is 9.62 Å². The van der Waals surface area contributed by atoms with E-state index in [1.165, 1.54) is 28.6 Å². The number of aromatic nitrogens is 1. The van der Waals surface area contributed by atoms with Crippen LogP contribution in [0.4, 0.5) is 10.5 Å². The third-order valence-electron chi connectivity index (χ3n) is 6.01. The molecule has 3 amide bonds. The van der Waals surface area contributed by atoms with Crippen molar-refractivity contribution in [1.82, 2.24) is 15.2 Å². The molecule has 0 radical (unpaired) electrons. The Kier molecular flexibility index (Phi) is 6.81. The number of pyridine rings is 1. The van der Waals surface area contributed by atoms with Gasteiger partial charge in [-0.3, -0.25) is 28.6 Å². The summed E-state index contributed by atoms with van der Waals surface area (Å²) in [5, 5.41) is 2.24. The van der Waals surface area contributed by atoms with Gasteiger partial charge in [0.15, 0.2) is 0 Å². The Hall–Kier alpha value is -3.96. The lowest BCUT2D eigenvalue weighted by molar-refractivity contribution is -0.122. The smallest absolute Gasteiger partial charge is 0.293 e. The van der Waals surface area contributed by atoms with E-state index in [0.717, 1.165) is 22.2 Å². The van der Waals surface area contributed by atoms with E-state index in [1.54, 1.807) is 42.7 Å². The molecule has 2 aromatic carbocycles. The van der Waals surface area contributed by atoms with Gasteiger partial charge in [-0.1, -0.05) is 30.3 Å². The Morgan fingerprint density at radius 1 is 1.08 bits per heavy atom. The van der Waals surface area contributed by atoms with Crippen LogP contribution in [0.3, 0.4) is 0 Å². The highest BCUT2D eigenvalue weighted by molar-refractivity contribution is 8.18. The van der Waals surface area contributed by atoms with E-state index >= 15 is 0 Å². The van der Waals surface area contributed by atoms with Crippen LogP contribution in [0.25, 0.3) is 6.08 Å². The minimum atomic E-state index is -3.85. The number of hydrogen-bond donors (Lipinski definition) is 1. The van der Waals surface area contributed by atoms with E-state index in [1.807, 2.05) is 12.1 Å². The quantitative estimate of drug-likeness (QED) is 0.462. The van der Waals surface area contributed by atoms with Crippen LogP contribution in [0.2, 0.25) is 0 Å². The van der Waals surface area contributed by atoms with Crippen LogP contribution in [0, 0.1) is 0 Å². The summed E-state index contributed by atoms with van der Waals surface area (Å²) < 4.78 is 27.9. The van der Waals surface area contributed by atoms with Crippen LogP contribution in [-0.2, 0) is 21.2 Å². The summed E-state index contributed by atoms with van der Waals surface area (Å²) in [6, 6.07) is 16.7. The first kappa shape index (κ1) is 24.7. The van der Waals surface area contributed by atoms with Crippen molar-refractivity contribution in [3.05, 3.63) is 94.7 Å². The first-order valence-corrected chi connectivity index (χ1v) is 13.7. The Morgan fingerprint density at radius 3 is 2.73 bits per heavy atom. The van der Waals surface area contributed by atoms with E-state index in [0.29, 0.717) is 24.2 Å². The van der Waals surface area contributed by atoms with Gasteiger partial charge in [0, 0.05) is 37.6 Å². The molecule has 1 aromatic heterocycles. The number of imide groups is 1. The van der Waals surface area contributed by atoms with E-state index in [4.69, 9.17) is 0 Å². The van der Waals surface area contributed by atoms with E-state index in [9.17, 15) is 22.8 Å². The molecule has 9 nitrogen and oxygen atoms in total. The second-order valence-electron chi connectivity index (χ2n) is 8.36. The van der Waals surface area contributed by atoms with Crippen molar-refractivity contribution in [2.24, 2.45) is 0 Å². The third kappa shape index (κ3) is 5.00. The molecule has 2 aliphatic rings. The van der Waals surface area contributed by atoms with Gasteiger partial charge in [-0.25, -0.2) is 8.42 Å². The summed E-state index contributed by atoms with van der Waals surface area (Å²) in [5.74, 6) is -0.941. The molecule has 1 N–H and O–H groups in total. The van der Waals surface area contributed by atoms with Gasteiger partial charge in [-0.15, -0.1) is 0 Å². The number of fused-ring (bicyclic) bond motifs is 1. The number of hydrogen-bond acceptors (Lipinski definition) is 7. The number of benzene rings is 2. The van der Waals surface area contributed by atoms with Gasteiger partial charge in [-0.2, -0.15) is 0 Å². The summed E-state index contributed by atoms with van der Waals surface area (Å²) in [6.45, 7) is 0.349. The molecule has 0 spiro atoms. The van der Waals surface area contributed by atoms with Gasteiger partial charge in [0.2, 0.25) is 0 Å². The lowest BCUT2D eigenvalue weighted by Gasteiger charge is -2.20. The van der Waals surface area contributed by atoms with E-state index < -0.39 is 27.1 Å². The van der Waals surface area contributed by atoms with Crippen molar-refractivity contribution in [1.29, 1.82) is 0 Å². The number of carbonyl (C=O) groups is 3. The molecule has 0 bridgehead atoms. The van der Waals surface area contributed by atoms with Gasteiger partial charge in [0.05, 0.1) is 15.5 Å². The fourth-order valence-corrected chi connectivity index (χ4v) is 6.59. The van der Waals surface area contributed by atoms with Gasteiger partial charge in [0.1, 0.15) is 0 Å². The standard InChI is InChI=1S/C26H22N4O5S2/c31-24(28-12-14-29-25(32)23(36-26(29)33)15-18-5-4-11-27-17-18)20-7-3-8-21(16-20)37(34,35)30-13-10-19-6-1-2-9-22(19)30/h1-9,11,15-17H,10,12-14H2,(H,28,31)/b23-15+. The zero-order valence-electron chi connectivity index (χ0n) is 19.5. The Balaban J connectivity index is 1.23. The number of sulfonamides is 1. The average molecular weight is 535 g/mol. The summed E-state index contributed by atoms with van der Waals surface area (Å²) in [5.41, 5.74) is 2.47. The van der Waals surface area contributed by atoms with Crippen LogP contribution in [-0.4, -0.2) is 55.0 Å². The monoisotopic (exact) mass is 534 g/mol. The zero-order valence-corrected chi connectivity index (χ0v) is 21.2. The van der Waals surface area contributed by atoms with Crippen LogP contribution in [0.5, 0.6) is 0 Å². The van der Waals surface area contributed by atoms with Gasteiger partial charge >= 0.3 is 0 Å². The first-order valence-electron chi connectivity index (χ1n) is 11.5. The molecular formula is C26H22N4O5S2. The largest absolute Gasteiger partial charge is 0.350 e. The number of para-hydroxylation sites is 1. The SMILES string of the molecule is O=C(NCCN1C(=O)S/C(=C/c2cccnc2)C1=O)c1cccc(S(=O)(=O)N2CCc3ccccc32)c1. The van der Waals surface area contributed by atoms with Crippen molar-refractivity contribution in [2.75, 3.05) is 23.9 Å². The third-order valence-corrected chi connectivity index (χ3v) is 8.72. The Labute approximate surface area is 218 Å². The number of anilines is 1. The maximum absolute atomic E-state index is 13.3. The number of rotatable bonds is 7. The lowest BCUT2D eigenvalue weighted by atomic mass is 10.2. The van der Waals surface area contributed by atoms with E-state index in [-0.39, 0.29) is 28.5 Å². The highest BCUT2D eigenvalue weighted by Gasteiger charge is 2.35. The summed E-state index contributed by atoms with van der Waals surface area (Å²) >= 11 is 0.830. The van der Waals surface area contributed by atoms with Crippen LogP contribution in [0.15, 0.2) is 82.9 Å². The normalized spacial score (nSPS) is 16.4. The fraction of sp³-hybridized carbons (Fsp3) is 0.154. The van der Waals surface area contributed by atoms with Crippen molar-refractivity contribution >= 4 is 50.6 Å². The molecule has 5 rings (SSSR count). The predicted octanol–water partition coefficient (Wildman–Crippen LogP) is 3.30. The Bertz CT molecular complexity index is 1520. The fourth-order valence-electron chi connectivity index (χ4n) is 4.17. The second-order valence-corrected chi connectivity index (χ2v) is 11.2. The topological polar surface area (TPSA) is 117 Å². The highest BCUT2D eigenvalue weighted by atomic mass is 32.2. The summed E-state index contributed by atoms with van der Waals surface area (Å²) in [4.78, 5) is 43.1. The van der Waals surface area contributed by atoms with Gasteiger partial charge < -0.3 is 5.32 Å². The van der Waals surface area contributed by atoms with Gasteiger partial charge in [-0.05, 0) is 65.7 Å². The molecule has 1 fully saturated rings. The molecule has 0 aliphatic carbocycles. The van der Waals surface area contributed by atoms with Crippen molar-refractivity contribution in [3.63, 3.8) is 0 Å². The molecule has 3 heterocycles. The minimum Gasteiger partial charge on any atom is -0.350 e. The summed E-state index contributed by atoms with van der Waals surface area (Å²) in [7, 11) is -3.85. The number of carbonyl (C=O) groups excluding carboxylic acids is 3. The number of amides is 3. The molecular weight excluding hydrogens is 512 g/mol. The number of thioether (sulfide) groups is 1. The maximum atomic E-state index is 13.3. The summed E-state index contributed by atoms with van der Waals surface area (Å²) in [6.07, 6.45) is 5.43. The maximum Gasteiger partial charge on any atom is 0.293 e. The van der Waals surface area contributed by atoms with Crippen molar-refractivity contribution < 1.29 is 22.8 Å². The average Bonchev–Trinajstić information content (AvgIpc) is 3.46. The lowest BCUT2D eigenvalue weighted by Crippen LogP contribution is -2.37.